The summed E-state index contributed by atoms with van der Waals surface area (Å²) in [6.07, 6.45) is 9.77. The summed E-state index contributed by atoms with van der Waals surface area (Å²) in [6.45, 7) is 9.87. The first-order chi connectivity index (χ1) is 20.9. The van der Waals surface area contributed by atoms with Crippen molar-refractivity contribution in [1.82, 2.24) is 5.32 Å². The normalized spacial score (nSPS) is 32.9. The van der Waals surface area contributed by atoms with Crippen molar-refractivity contribution in [3.05, 3.63) is 23.8 Å². The molecule has 0 radical (unpaired) electrons. The van der Waals surface area contributed by atoms with Gasteiger partial charge < -0.3 is 30.1 Å². The molecule has 0 fully saturated rings. The Morgan fingerprint density at radius 3 is 2.32 bits per heavy atom. The molecule has 7 atom stereocenters. The average Bonchev–Trinajstić information content (AvgIpc) is 2.97. The van der Waals surface area contributed by atoms with Crippen LogP contribution in [0.2, 0.25) is 0 Å². The van der Waals surface area contributed by atoms with Gasteiger partial charge >= 0.3 is 5.97 Å². The maximum Gasteiger partial charge on any atom is 0.309 e. The van der Waals surface area contributed by atoms with Gasteiger partial charge in [-0.25, -0.2) is 0 Å². The summed E-state index contributed by atoms with van der Waals surface area (Å²) in [5.41, 5.74) is 0.971. The van der Waals surface area contributed by atoms with Crippen molar-refractivity contribution in [3.63, 3.8) is 0 Å². The molecule has 4 N–H and O–H groups in total. The maximum atomic E-state index is 12.9. The molecule has 0 bridgehead atoms. The van der Waals surface area contributed by atoms with Gasteiger partial charge in [0.2, 0.25) is 0 Å². The number of ether oxygens (including phenoxy) is 2. The summed E-state index contributed by atoms with van der Waals surface area (Å²) in [5.74, 6) is -0.649. The van der Waals surface area contributed by atoms with E-state index < -0.39 is 36.3 Å². The first-order valence-corrected chi connectivity index (χ1v) is 16.8. The van der Waals surface area contributed by atoms with Crippen molar-refractivity contribution in [2.24, 2.45) is 23.7 Å². The summed E-state index contributed by atoms with van der Waals surface area (Å²) < 4.78 is 10.9. The Balaban J connectivity index is 2.97. The molecule has 0 aromatic heterocycles. The smallest absolute Gasteiger partial charge is 0.309 e. The number of hydrogen-bond acceptors (Lipinski definition) is 8. The minimum absolute atomic E-state index is 0.119. The molecular weight excluding hydrogens is 562 g/mol. The third-order valence-corrected chi connectivity index (χ3v) is 8.50. The molecule has 0 saturated heterocycles. The van der Waals surface area contributed by atoms with E-state index in [0.29, 0.717) is 44.0 Å². The number of cyclic esters (lactones) is 1. The number of amides is 1. The van der Waals surface area contributed by atoms with E-state index in [1.807, 2.05) is 12.2 Å². The molecule has 9 nitrogen and oxygen atoms in total. The van der Waals surface area contributed by atoms with Gasteiger partial charge in [-0.05, 0) is 68.3 Å². The Morgan fingerprint density at radius 1 is 0.955 bits per heavy atom. The molecule has 0 aromatic carbocycles. The lowest BCUT2D eigenvalue weighted by Gasteiger charge is -2.25. The summed E-state index contributed by atoms with van der Waals surface area (Å²) in [4.78, 5) is 38.2. The Kier molecular flexibility index (Phi) is 20.4. The third kappa shape index (κ3) is 16.8. The molecular formula is C35H61NO8. The van der Waals surface area contributed by atoms with Crippen LogP contribution in [0.15, 0.2) is 23.8 Å². The number of ketones is 1. The number of esters is 1. The van der Waals surface area contributed by atoms with Crippen molar-refractivity contribution in [1.29, 1.82) is 0 Å². The number of hydrogen-bond donors (Lipinski definition) is 4. The minimum Gasteiger partial charge on any atom is -0.452 e. The van der Waals surface area contributed by atoms with Gasteiger partial charge in [0.1, 0.15) is 5.78 Å². The minimum atomic E-state index is -1.18. The van der Waals surface area contributed by atoms with Crippen molar-refractivity contribution < 1.29 is 39.2 Å². The fraction of sp³-hybridized carbons (Fsp3) is 0.800. The van der Waals surface area contributed by atoms with Crippen LogP contribution in [0, 0.1) is 23.7 Å². The molecule has 0 unspecified atom stereocenters. The lowest BCUT2D eigenvalue weighted by atomic mass is 9.92. The SMILES string of the molecule is CC[C@H]1/C=C/C=C(\COC)CC[C@@H](O)[C@@H](O)C[C@H](O)CNC(=O)[C@H](C(C)C)OC(=O)[C@@H](C)C[C@H](C)CCCCC(=O)CCC1. The summed E-state index contributed by atoms with van der Waals surface area (Å²) in [7, 11) is 1.61. The number of allylic oxidation sites excluding steroid dienone is 3. The Labute approximate surface area is 265 Å². The van der Waals surface area contributed by atoms with Gasteiger partial charge in [-0.3, -0.25) is 14.4 Å². The van der Waals surface area contributed by atoms with Crippen LogP contribution in [-0.4, -0.2) is 77.7 Å². The van der Waals surface area contributed by atoms with E-state index in [2.05, 4.69) is 25.2 Å². The standard InChI is InChI=1S/C35H61NO8/c1-7-27-13-10-15-28(23-43-6)18-19-31(39)32(40)21-30(38)22-36-34(41)33(24(2)3)44-35(42)26(5)20-25(4)12-8-9-16-29(37)17-11-14-27/h10,13,15,24-27,30-33,38-40H,7-9,11-12,14,16-23H2,1-6H3,(H,36,41)/b13-10+,28-15-/t25-,26+,27+,30+,31-,32+,33+/m1/s1. The number of Topliss-reactive ketones (excluding diaryl/α,β-unsaturated/α-hetero) is 1. The van der Waals surface area contributed by atoms with Crippen LogP contribution in [0.25, 0.3) is 0 Å². The number of methoxy groups -OCH3 is 1. The van der Waals surface area contributed by atoms with Crippen LogP contribution in [0.3, 0.4) is 0 Å². The van der Waals surface area contributed by atoms with Crippen molar-refractivity contribution in [2.75, 3.05) is 20.3 Å². The highest BCUT2D eigenvalue weighted by molar-refractivity contribution is 5.84. The predicted molar refractivity (Wildman–Crippen MR) is 173 cm³/mol. The molecule has 44 heavy (non-hydrogen) atoms. The van der Waals surface area contributed by atoms with Gasteiger partial charge in [0.05, 0.1) is 30.8 Å². The second kappa shape index (κ2) is 22.4. The fourth-order valence-electron chi connectivity index (χ4n) is 5.59. The van der Waals surface area contributed by atoms with Gasteiger partial charge in [-0.1, -0.05) is 65.7 Å². The number of nitrogens with one attached hydrogen (secondary N) is 1. The second-order valence-electron chi connectivity index (χ2n) is 13.1. The predicted octanol–water partition coefficient (Wildman–Crippen LogP) is 5.05. The largest absolute Gasteiger partial charge is 0.452 e. The molecule has 1 heterocycles. The van der Waals surface area contributed by atoms with E-state index >= 15 is 0 Å². The molecule has 1 aliphatic heterocycles. The number of carbonyl (C=O) groups is 3. The molecule has 0 saturated carbocycles. The van der Waals surface area contributed by atoms with Gasteiger partial charge in [-0.15, -0.1) is 0 Å². The van der Waals surface area contributed by atoms with Crippen LogP contribution in [-0.2, 0) is 23.9 Å². The van der Waals surface area contributed by atoms with Crippen LogP contribution >= 0.6 is 0 Å². The molecule has 1 aliphatic rings. The number of rotatable bonds is 4. The number of β-amino-alcohol motifs (C(OH)–C–C–N with tert-alkyl or cyclic N) is 1. The topological polar surface area (TPSA) is 142 Å². The van der Waals surface area contributed by atoms with E-state index in [-0.39, 0.29) is 37.1 Å². The number of carbonyl (C=O) groups excluding carboxylic acids is 3. The highest BCUT2D eigenvalue weighted by Crippen LogP contribution is 2.22. The summed E-state index contributed by atoms with van der Waals surface area (Å²) in [6, 6.07) is 0. The van der Waals surface area contributed by atoms with Crippen LogP contribution < -0.4 is 5.32 Å². The van der Waals surface area contributed by atoms with Crippen molar-refractivity contribution in [2.45, 2.75) is 136 Å². The molecule has 0 spiro atoms. The summed E-state index contributed by atoms with van der Waals surface area (Å²) in [5, 5.41) is 34.2. The fourth-order valence-corrected chi connectivity index (χ4v) is 5.59. The van der Waals surface area contributed by atoms with E-state index in [9.17, 15) is 29.7 Å². The van der Waals surface area contributed by atoms with Gasteiger partial charge in [0.15, 0.2) is 6.10 Å². The van der Waals surface area contributed by atoms with E-state index in [1.54, 1.807) is 27.9 Å². The van der Waals surface area contributed by atoms with Crippen LogP contribution in [0.4, 0.5) is 0 Å². The number of aliphatic hydroxyl groups excluding tert-OH is 3. The zero-order valence-corrected chi connectivity index (χ0v) is 28.1. The zero-order chi connectivity index (χ0) is 33.1. The number of aliphatic hydroxyl groups is 3. The molecule has 254 valence electrons. The van der Waals surface area contributed by atoms with Crippen LogP contribution in [0.1, 0.15) is 112 Å². The highest BCUT2D eigenvalue weighted by atomic mass is 16.5. The van der Waals surface area contributed by atoms with Gasteiger partial charge in [0.25, 0.3) is 5.91 Å². The van der Waals surface area contributed by atoms with E-state index in [4.69, 9.17) is 9.47 Å². The molecule has 0 aliphatic carbocycles. The molecule has 1 rings (SSSR count). The van der Waals surface area contributed by atoms with Crippen LogP contribution in [0.5, 0.6) is 0 Å². The molecule has 9 heteroatoms. The summed E-state index contributed by atoms with van der Waals surface area (Å²) >= 11 is 0. The van der Waals surface area contributed by atoms with Crippen molar-refractivity contribution in [3.8, 4) is 0 Å². The first-order valence-electron chi connectivity index (χ1n) is 16.8. The lowest BCUT2D eigenvalue weighted by molar-refractivity contribution is -0.162. The highest BCUT2D eigenvalue weighted by Gasteiger charge is 2.30. The quantitative estimate of drug-likeness (QED) is 0.319. The van der Waals surface area contributed by atoms with E-state index in [1.165, 1.54) is 0 Å². The van der Waals surface area contributed by atoms with Crippen molar-refractivity contribution >= 4 is 17.7 Å². The molecule has 1 amide bonds. The third-order valence-electron chi connectivity index (χ3n) is 8.50. The monoisotopic (exact) mass is 623 g/mol. The molecule has 0 aromatic rings. The van der Waals surface area contributed by atoms with E-state index in [0.717, 1.165) is 44.1 Å². The Bertz CT molecular complexity index is 901. The zero-order valence-electron chi connectivity index (χ0n) is 28.1. The maximum absolute atomic E-state index is 12.9. The van der Waals surface area contributed by atoms with Gasteiger partial charge in [-0.2, -0.15) is 0 Å². The first kappa shape index (κ1) is 40.0. The Morgan fingerprint density at radius 2 is 1.66 bits per heavy atom. The Hall–Kier alpha value is -2.07. The average molecular weight is 624 g/mol. The van der Waals surface area contributed by atoms with Gasteiger partial charge in [0, 0.05) is 32.9 Å². The second-order valence-corrected chi connectivity index (χ2v) is 13.1. The lowest BCUT2D eigenvalue weighted by Crippen LogP contribution is -2.45.